The summed E-state index contributed by atoms with van der Waals surface area (Å²) in [6.45, 7) is 4.56. The Labute approximate surface area is 173 Å². The lowest BCUT2D eigenvalue weighted by molar-refractivity contribution is 0.102. The van der Waals surface area contributed by atoms with Gasteiger partial charge in [0.05, 0.1) is 0 Å². The molecule has 1 amide bonds. The molecule has 3 heteroatoms. The SMILES string of the molecule is Cc1ccc(C(=O)Nc2cc3c4c(c2)[C@@H]2CCC[C@H]2CN4C[C@H]2CCC[C@H]32)cc1. The van der Waals surface area contributed by atoms with Crippen LogP contribution in [0.2, 0.25) is 0 Å². The number of nitrogens with one attached hydrogen (secondary N) is 1. The Morgan fingerprint density at radius 2 is 1.48 bits per heavy atom. The zero-order chi connectivity index (χ0) is 19.5. The van der Waals surface area contributed by atoms with Crippen molar-refractivity contribution in [3.63, 3.8) is 0 Å². The van der Waals surface area contributed by atoms with Gasteiger partial charge in [-0.1, -0.05) is 30.5 Å². The summed E-state index contributed by atoms with van der Waals surface area (Å²) in [6.07, 6.45) is 8.06. The molecular weight excluding hydrogens is 356 g/mol. The lowest BCUT2D eigenvalue weighted by atomic mass is 9.75. The van der Waals surface area contributed by atoms with Crippen LogP contribution in [-0.4, -0.2) is 19.0 Å². The van der Waals surface area contributed by atoms with Crippen LogP contribution in [-0.2, 0) is 0 Å². The number of anilines is 2. The van der Waals surface area contributed by atoms with Gasteiger partial charge in [-0.25, -0.2) is 0 Å². The smallest absolute Gasteiger partial charge is 0.255 e. The van der Waals surface area contributed by atoms with E-state index in [1.54, 1.807) is 5.69 Å². The van der Waals surface area contributed by atoms with Crippen LogP contribution in [0, 0.1) is 18.8 Å². The Hall–Kier alpha value is -2.29. The number of amides is 1. The van der Waals surface area contributed by atoms with Gasteiger partial charge in [0.25, 0.3) is 5.91 Å². The standard InChI is InChI=1S/C26H30N2O/c1-16-8-10-17(11-9-16)26(29)27-20-12-23-21-6-2-4-18(21)14-28-15-19-5-3-7-22(19)24(13-20)25(23)28/h8-13,18-19,21-22H,2-7,14-15H2,1H3,(H,27,29)/t18-,19+,21+,22-. The Balaban J connectivity index is 1.41. The van der Waals surface area contributed by atoms with E-state index in [-0.39, 0.29) is 5.91 Å². The molecule has 4 aliphatic rings. The Kier molecular flexibility index (Phi) is 4.01. The molecule has 0 saturated heterocycles. The highest BCUT2D eigenvalue weighted by Crippen LogP contribution is 2.56. The number of benzene rings is 2. The first kappa shape index (κ1) is 17.6. The molecule has 4 atom stereocenters. The molecule has 2 aliphatic heterocycles. The third-order valence-electron chi connectivity index (χ3n) is 8.08. The molecule has 0 unspecified atom stereocenters. The van der Waals surface area contributed by atoms with Gasteiger partial charge in [0.1, 0.15) is 0 Å². The zero-order valence-corrected chi connectivity index (χ0v) is 17.3. The van der Waals surface area contributed by atoms with Crippen LogP contribution < -0.4 is 10.2 Å². The number of carbonyl (C=O) groups excluding carboxylic acids is 1. The molecule has 2 aromatic rings. The second kappa shape index (κ2) is 6.62. The fraction of sp³-hybridized carbons (Fsp3) is 0.500. The van der Waals surface area contributed by atoms with E-state index in [0.29, 0.717) is 11.8 Å². The topological polar surface area (TPSA) is 32.3 Å². The van der Waals surface area contributed by atoms with Gasteiger partial charge in [-0.3, -0.25) is 4.79 Å². The molecule has 2 fully saturated rings. The van der Waals surface area contributed by atoms with Crippen LogP contribution in [0.15, 0.2) is 36.4 Å². The highest BCUT2D eigenvalue weighted by molar-refractivity contribution is 6.04. The number of carbonyl (C=O) groups is 1. The fourth-order valence-corrected chi connectivity index (χ4v) is 6.74. The van der Waals surface area contributed by atoms with Crippen LogP contribution in [0.25, 0.3) is 0 Å². The van der Waals surface area contributed by atoms with Gasteiger partial charge in [0, 0.05) is 30.0 Å². The van der Waals surface area contributed by atoms with Crippen molar-refractivity contribution in [1.82, 2.24) is 0 Å². The van der Waals surface area contributed by atoms with E-state index in [0.717, 1.165) is 23.1 Å². The van der Waals surface area contributed by atoms with Gasteiger partial charge in [0.2, 0.25) is 0 Å². The summed E-state index contributed by atoms with van der Waals surface area (Å²) in [5, 5.41) is 3.24. The van der Waals surface area contributed by atoms with Crippen molar-refractivity contribution < 1.29 is 4.79 Å². The summed E-state index contributed by atoms with van der Waals surface area (Å²) in [6, 6.07) is 12.5. The first-order valence-electron chi connectivity index (χ1n) is 11.5. The maximum absolute atomic E-state index is 12.9. The largest absolute Gasteiger partial charge is 0.370 e. The number of aryl methyl sites for hydroxylation is 1. The second-order valence-corrected chi connectivity index (χ2v) is 9.82. The van der Waals surface area contributed by atoms with Crippen molar-refractivity contribution in [3.8, 4) is 0 Å². The lowest BCUT2D eigenvalue weighted by Gasteiger charge is -2.46. The molecule has 150 valence electrons. The van der Waals surface area contributed by atoms with Crippen molar-refractivity contribution in [1.29, 1.82) is 0 Å². The minimum absolute atomic E-state index is 0.00608. The van der Waals surface area contributed by atoms with Crippen molar-refractivity contribution in [2.45, 2.75) is 57.3 Å². The Bertz CT molecular complexity index is 918. The monoisotopic (exact) mass is 386 g/mol. The molecule has 0 spiro atoms. The molecule has 2 saturated carbocycles. The predicted molar refractivity (Wildman–Crippen MR) is 118 cm³/mol. The number of fused-ring (bicyclic) bond motifs is 4. The van der Waals surface area contributed by atoms with Gasteiger partial charge in [-0.15, -0.1) is 0 Å². The molecule has 2 heterocycles. The van der Waals surface area contributed by atoms with Crippen LogP contribution in [0.4, 0.5) is 11.4 Å². The van der Waals surface area contributed by atoms with Crippen LogP contribution in [0.5, 0.6) is 0 Å². The molecule has 1 N–H and O–H groups in total. The first-order valence-corrected chi connectivity index (χ1v) is 11.5. The van der Waals surface area contributed by atoms with E-state index in [4.69, 9.17) is 0 Å². The summed E-state index contributed by atoms with van der Waals surface area (Å²) < 4.78 is 0. The number of hydrogen-bond acceptors (Lipinski definition) is 2. The van der Waals surface area contributed by atoms with Crippen molar-refractivity contribution >= 4 is 17.3 Å². The number of hydrogen-bond donors (Lipinski definition) is 1. The number of rotatable bonds is 2. The van der Waals surface area contributed by atoms with Gasteiger partial charge >= 0.3 is 0 Å². The molecule has 2 aliphatic carbocycles. The summed E-state index contributed by atoms with van der Waals surface area (Å²) in [4.78, 5) is 15.6. The van der Waals surface area contributed by atoms with E-state index in [1.165, 1.54) is 68.3 Å². The quantitative estimate of drug-likeness (QED) is 0.702. The molecule has 29 heavy (non-hydrogen) atoms. The Morgan fingerprint density at radius 3 is 2.07 bits per heavy atom. The van der Waals surface area contributed by atoms with E-state index in [1.807, 2.05) is 24.3 Å². The maximum atomic E-state index is 12.9. The molecule has 3 nitrogen and oxygen atoms in total. The molecule has 0 bridgehead atoms. The molecule has 0 aromatic heterocycles. The Morgan fingerprint density at radius 1 is 0.897 bits per heavy atom. The second-order valence-electron chi connectivity index (χ2n) is 9.82. The lowest BCUT2D eigenvalue weighted by Crippen LogP contribution is -2.43. The molecule has 6 rings (SSSR count). The average molecular weight is 387 g/mol. The van der Waals surface area contributed by atoms with Crippen molar-refractivity contribution in [2.75, 3.05) is 23.3 Å². The normalized spacial score (nSPS) is 29.2. The van der Waals surface area contributed by atoms with E-state index in [9.17, 15) is 4.79 Å². The van der Waals surface area contributed by atoms with Crippen LogP contribution in [0.3, 0.4) is 0 Å². The summed E-state index contributed by atoms with van der Waals surface area (Å²) in [7, 11) is 0. The predicted octanol–water partition coefficient (Wildman–Crippen LogP) is 5.85. The highest BCUT2D eigenvalue weighted by atomic mass is 16.1. The van der Waals surface area contributed by atoms with E-state index >= 15 is 0 Å². The average Bonchev–Trinajstić information content (AvgIpc) is 3.38. The first-order chi connectivity index (χ1) is 14.2. The summed E-state index contributed by atoms with van der Waals surface area (Å²) in [5.74, 6) is 2.99. The van der Waals surface area contributed by atoms with Gasteiger partial charge < -0.3 is 10.2 Å². The van der Waals surface area contributed by atoms with Gasteiger partial charge in [-0.05, 0) is 91.7 Å². The van der Waals surface area contributed by atoms with Crippen molar-refractivity contribution in [2.24, 2.45) is 11.8 Å². The summed E-state index contributed by atoms with van der Waals surface area (Å²) in [5.41, 5.74) is 7.52. The zero-order valence-electron chi connectivity index (χ0n) is 17.3. The third kappa shape index (κ3) is 2.81. The van der Waals surface area contributed by atoms with Crippen molar-refractivity contribution in [3.05, 3.63) is 58.7 Å². The molecule has 0 radical (unpaired) electrons. The van der Waals surface area contributed by atoms with E-state index < -0.39 is 0 Å². The maximum Gasteiger partial charge on any atom is 0.255 e. The summed E-state index contributed by atoms with van der Waals surface area (Å²) >= 11 is 0. The minimum atomic E-state index is 0.00608. The molecule has 2 aromatic carbocycles. The third-order valence-corrected chi connectivity index (χ3v) is 8.08. The van der Waals surface area contributed by atoms with Gasteiger partial charge in [-0.2, -0.15) is 0 Å². The van der Waals surface area contributed by atoms with Crippen LogP contribution in [0.1, 0.15) is 77.4 Å². The van der Waals surface area contributed by atoms with E-state index in [2.05, 4.69) is 29.3 Å². The minimum Gasteiger partial charge on any atom is -0.370 e. The highest BCUT2D eigenvalue weighted by Gasteiger charge is 2.44. The number of nitrogens with zero attached hydrogens (tertiary/aromatic N) is 1. The fourth-order valence-electron chi connectivity index (χ4n) is 6.74. The van der Waals surface area contributed by atoms with Gasteiger partial charge in [0.15, 0.2) is 0 Å². The molecular formula is C26H30N2O. The van der Waals surface area contributed by atoms with Crippen LogP contribution >= 0.6 is 0 Å².